The number of nitrogens with zero attached hydrogens (tertiary/aromatic N) is 3. The van der Waals surface area contributed by atoms with Gasteiger partial charge in [0.2, 0.25) is 0 Å². The molecular weight excluding hydrogens is 488 g/mol. The number of para-hydroxylation sites is 1. The van der Waals surface area contributed by atoms with E-state index < -0.39 is 17.2 Å². The highest BCUT2D eigenvalue weighted by molar-refractivity contribution is 6.30. The summed E-state index contributed by atoms with van der Waals surface area (Å²) in [4.78, 5) is 30.5. The summed E-state index contributed by atoms with van der Waals surface area (Å²) in [6, 6.07) is 22.8. The Balaban J connectivity index is 1.31. The van der Waals surface area contributed by atoms with Gasteiger partial charge in [0.15, 0.2) is 5.75 Å². The summed E-state index contributed by atoms with van der Waals surface area (Å²) in [5.41, 5.74) is 3.19. The number of anilines is 2. The van der Waals surface area contributed by atoms with Gasteiger partial charge in [-0.2, -0.15) is 0 Å². The highest BCUT2D eigenvalue weighted by atomic mass is 35.5. The van der Waals surface area contributed by atoms with E-state index in [0.717, 1.165) is 42.5 Å². The van der Waals surface area contributed by atoms with Crippen LogP contribution in [-0.2, 0) is 7.05 Å². The normalized spacial score (nSPS) is 14.6. The summed E-state index contributed by atoms with van der Waals surface area (Å²) in [6.07, 6.45) is 0. The van der Waals surface area contributed by atoms with Gasteiger partial charge >= 0.3 is 0 Å². The zero-order valence-electron chi connectivity index (χ0n) is 20.8. The molecule has 2 N–H and O–H groups in total. The Labute approximate surface area is 220 Å². The number of carbonyl (C=O) groups is 1. The largest absolute Gasteiger partial charge is 0.502 e. The van der Waals surface area contributed by atoms with E-state index in [9.17, 15) is 14.7 Å². The molecule has 0 radical (unpaired) electrons. The Bertz CT molecular complexity index is 1510. The van der Waals surface area contributed by atoms with Gasteiger partial charge in [0.05, 0.1) is 17.1 Å². The first-order valence-electron chi connectivity index (χ1n) is 12.3. The quantitative estimate of drug-likeness (QED) is 0.401. The number of amides is 1. The van der Waals surface area contributed by atoms with Crippen LogP contribution in [0.5, 0.6) is 5.75 Å². The van der Waals surface area contributed by atoms with Crippen molar-refractivity contribution in [2.24, 2.45) is 7.05 Å². The standard InChI is InChI=1S/C29H29ClN4O3/c1-19(31-28(36)26-24-8-3-4-9-25(24)32(2)29(37)27(26)35)20-6-5-7-23(18-20)34-16-14-33(15-17-34)22-12-10-21(30)11-13-22/h3-13,18-19,35H,14-17H2,1-2H3,(H,31,36). The fraction of sp³-hybridized carbons (Fsp3) is 0.241. The number of pyridine rings is 1. The number of rotatable bonds is 5. The van der Waals surface area contributed by atoms with Crippen molar-refractivity contribution < 1.29 is 9.90 Å². The van der Waals surface area contributed by atoms with Gasteiger partial charge in [-0.25, -0.2) is 0 Å². The molecule has 1 unspecified atom stereocenters. The van der Waals surface area contributed by atoms with Crippen LogP contribution in [0.3, 0.4) is 0 Å². The van der Waals surface area contributed by atoms with Gasteiger partial charge in [0.1, 0.15) is 0 Å². The molecule has 5 rings (SSSR count). The lowest BCUT2D eigenvalue weighted by Crippen LogP contribution is -2.46. The first kappa shape index (κ1) is 24.7. The topological polar surface area (TPSA) is 77.8 Å². The van der Waals surface area contributed by atoms with Crippen molar-refractivity contribution in [2.45, 2.75) is 13.0 Å². The molecule has 0 bridgehead atoms. The molecule has 37 heavy (non-hydrogen) atoms. The first-order chi connectivity index (χ1) is 17.8. The molecule has 0 spiro atoms. The van der Waals surface area contributed by atoms with E-state index >= 15 is 0 Å². The van der Waals surface area contributed by atoms with Crippen molar-refractivity contribution in [1.29, 1.82) is 0 Å². The maximum Gasteiger partial charge on any atom is 0.293 e. The fourth-order valence-corrected chi connectivity index (χ4v) is 5.05. The molecule has 1 saturated heterocycles. The summed E-state index contributed by atoms with van der Waals surface area (Å²) >= 11 is 6.03. The third kappa shape index (κ3) is 4.87. The Kier molecular flexibility index (Phi) is 6.80. The number of aromatic hydroxyl groups is 1. The Morgan fingerprint density at radius 3 is 2.27 bits per heavy atom. The zero-order chi connectivity index (χ0) is 26.1. The average molecular weight is 517 g/mol. The second-order valence-electron chi connectivity index (χ2n) is 9.35. The van der Waals surface area contributed by atoms with Crippen LogP contribution in [0.1, 0.15) is 28.9 Å². The monoisotopic (exact) mass is 516 g/mol. The van der Waals surface area contributed by atoms with Crippen molar-refractivity contribution in [3.8, 4) is 5.75 Å². The maximum atomic E-state index is 13.3. The lowest BCUT2D eigenvalue weighted by atomic mass is 10.0. The molecular formula is C29H29ClN4O3. The minimum Gasteiger partial charge on any atom is -0.502 e. The molecule has 0 aliphatic carbocycles. The van der Waals surface area contributed by atoms with E-state index in [-0.39, 0.29) is 11.6 Å². The van der Waals surface area contributed by atoms with Gasteiger partial charge in [0.25, 0.3) is 11.5 Å². The van der Waals surface area contributed by atoms with Gasteiger partial charge in [-0.05, 0) is 55.0 Å². The van der Waals surface area contributed by atoms with E-state index in [2.05, 4.69) is 27.2 Å². The third-order valence-electron chi connectivity index (χ3n) is 7.06. The highest BCUT2D eigenvalue weighted by Crippen LogP contribution is 2.27. The third-order valence-corrected chi connectivity index (χ3v) is 7.31. The second-order valence-corrected chi connectivity index (χ2v) is 9.78. The molecule has 1 aliphatic heterocycles. The number of aryl methyl sites for hydroxylation is 1. The van der Waals surface area contributed by atoms with Crippen LogP contribution in [0.4, 0.5) is 11.4 Å². The molecule has 1 aromatic heterocycles. The van der Waals surface area contributed by atoms with Crippen LogP contribution in [0.2, 0.25) is 5.02 Å². The number of halogens is 1. The molecule has 8 heteroatoms. The maximum absolute atomic E-state index is 13.3. The van der Waals surface area contributed by atoms with E-state index in [4.69, 9.17) is 11.6 Å². The summed E-state index contributed by atoms with van der Waals surface area (Å²) in [5.74, 6) is -1.03. The smallest absolute Gasteiger partial charge is 0.293 e. The van der Waals surface area contributed by atoms with Crippen LogP contribution >= 0.6 is 11.6 Å². The molecule has 1 amide bonds. The lowest BCUT2D eigenvalue weighted by Gasteiger charge is -2.37. The number of nitrogens with one attached hydrogen (secondary N) is 1. The van der Waals surface area contributed by atoms with Crippen molar-refractivity contribution >= 4 is 39.8 Å². The first-order valence-corrected chi connectivity index (χ1v) is 12.7. The molecule has 3 aromatic carbocycles. The lowest BCUT2D eigenvalue weighted by molar-refractivity contribution is 0.0938. The molecule has 1 aliphatic rings. The second kappa shape index (κ2) is 10.2. The minimum absolute atomic E-state index is 0.0000241. The van der Waals surface area contributed by atoms with Crippen molar-refractivity contribution in [3.63, 3.8) is 0 Å². The van der Waals surface area contributed by atoms with E-state index in [1.165, 1.54) is 10.3 Å². The number of carbonyl (C=O) groups excluding carboxylic acids is 1. The van der Waals surface area contributed by atoms with Crippen molar-refractivity contribution in [1.82, 2.24) is 9.88 Å². The number of aromatic nitrogens is 1. The van der Waals surface area contributed by atoms with Crippen LogP contribution in [0.15, 0.2) is 77.6 Å². The summed E-state index contributed by atoms with van der Waals surface area (Å²) in [7, 11) is 1.58. The Morgan fingerprint density at radius 1 is 0.919 bits per heavy atom. The van der Waals surface area contributed by atoms with Crippen LogP contribution in [0, 0.1) is 0 Å². The Hall–Kier alpha value is -3.97. The number of piperazine rings is 1. The molecule has 7 nitrogen and oxygen atoms in total. The van der Waals surface area contributed by atoms with Gasteiger partial charge in [-0.1, -0.05) is 41.9 Å². The summed E-state index contributed by atoms with van der Waals surface area (Å²) in [5, 5.41) is 14.8. The molecule has 2 heterocycles. The predicted octanol–water partition coefficient (Wildman–Crippen LogP) is 4.72. The molecule has 0 saturated carbocycles. The molecule has 1 fully saturated rings. The van der Waals surface area contributed by atoms with Gasteiger partial charge in [-0.3, -0.25) is 9.59 Å². The number of fused-ring (bicyclic) bond motifs is 1. The molecule has 4 aromatic rings. The van der Waals surface area contributed by atoms with Gasteiger partial charge in [0, 0.05) is 55.0 Å². The predicted molar refractivity (Wildman–Crippen MR) is 149 cm³/mol. The van der Waals surface area contributed by atoms with Crippen molar-refractivity contribution in [2.75, 3.05) is 36.0 Å². The van der Waals surface area contributed by atoms with Crippen molar-refractivity contribution in [3.05, 3.63) is 99.3 Å². The minimum atomic E-state index is -0.601. The van der Waals surface area contributed by atoms with Crippen LogP contribution in [0.25, 0.3) is 10.9 Å². The van der Waals surface area contributed by atoms with Crippen LogP contribution < -0.4 is 20.7 Å². The van der Waals surface area contributed by atoms with Crippen LogP contribution in [-0.4, -0.2) is 41.8 Å². The zero-order valence-corrected chi connectivity index (χ0v) is 21.6. The Morgan fingerprint density at radius 2 is 1.57 bits per heavy atom. The molecule has 190 valence electrons. The van der Waals surface area contributed by atoms with Gasteiger partial charge < -0.3 is 24.8 Å². The highest BCUT2D eigenvalue weighted by Gasteiger charge is 2.23. The summed E-state index contributed by atoms with van der Waals surface area (Å²) < 4.78 is 1.35. The fourth-order valence-electron chi connectivity index (χ4n) is 4.93. The molecule has 1 atom stereocenters. The number of hydrogen-bond acceptors (Lipinski definition) is 5. The number of hydrogen-bond donors (Lipinski definition) is 2. The number of benzene rings is 3. The van der Waals surface area contributed by atoms with E-state index in [1.54, 1.807) is 31.3 Å². The summed E-state index contributed by atoms with van der Waals surface area (Å²) in [6.45, 7) is 5.44. The van der Waals surface area contributed by atoms with E-state index in [1.807, 2.05) is 43.3 Å². The average Bonchev–Trinajstić information content (AvgIpc) is 2.92. The SMILES string of the molecule is CC(NC(=O)c1c(O)c(=O)n(C)c2ccccc12)c1cccc(N2CCN(c3ccc(Cl)cc3)CC2)c1. The van der Waals surface area contributed by atoms with E-state index in [0.29, 0.717) is 10.9 Å². The van der Waals surface area contributed by atoms with Gasteiger partial charge in [-0.15, -0.1) is 0 Å².